The molecule has 0 aliphatic carbocycles. The second kappa shape index (κ2) is 10.1. The van der Waals surface area contributed by atoms with Crippen molar-refractivity contribution >= 4 is 27.8 Å². The molecule has 0 aliphatic rings. The fourth-order valence-electron chi connectivity index (χ4n) is 2.67. The third-order valence-corrected chi connectivity index (χ3v) is 4.79. The summed E-state index contributed by atoms with van der Waals surface area (Å²) >= 11 is 3.34. The van der Waals surface area contributed by atoms with E-state index in [1.807, 2.05) is 38.1 Å². The minimum atomic E-state index is -0.441. The van der Waals surface area contributed by atoms with Crippen molar-refractivity contribution in [2.24, 2.45) is 5.92 Å². The Morgan fingerprint density at radius 2 is 1.75 bits per heavy atom. The van der Waals surface area contributed by atoms with E-state index in [1.54, 1.807) is 25.3 Å². The SMILES string of the molecule is COC(=O)c1ccc(OCC(=O)NC(c2ccc(OC)cc2)C(C)C)c(Br)c1. The lowest BCUT2D eigenvalue weighted by atomic mass is 9.96. The second-order valence-electron chi connectivity index (χ2n) is 6.49. The van der Waals surface area contributed by atoms with Crippen molar-refractivity contribution in [3.05, 3.63) is 58.1 Å². The first-order valence-corrected chi connectivity index (χ1v) is 9.59. The van der Waals surface area contributed by atoms with Gasteiger partial charge in [0.15, 0.2) is 6.61 Å². The molecule has 2 aromatic carbocycles. The largest absolute Gasteiger partial charge is 0.497 e. The van der Waals surface area contributed by atoms with Crippen molar-refractivity contribution in [3.63, 3.8) is 0 Å². The van der Waals surface area contributed by atoms with E-state index in [1.165, 1.54) is 7.11 Å². The van der Waals surface area contributed by atoms with Crippen LogP contribution in [-0.4, -0.2) is 32.7 Å². The van der Waals surface area contributed by atoms with E-state index in [2.05, 4.69) is 26.0 Å². The monoisotopic (exact) mass is 449 g/mol. The molecule has 0 aliphatic heterocycles. The number of nitrogens with one attached hydrogen (secondary N) is 1. The maximum absolute atomic E-state index is 12.4. The number of carbonyl (C=O) groups is 2. The van der Waals surface area contributed by atoms with Crippen LogP contribution in [0.25, 0.3) is 0 Å². The molecule has 1 unspecified atom stereocenters. The van der Waals surface area contributed by atoms with E-state index in [0.29, 0.717) is 15.8 Å². The van der Waals surface area contributed by atoms with E-state index >= 15 is 0 Å². The predicted octanol–water partition coefficient (Wildman–Crippen LogP) is 4.14. The highest BCUT2D eigenvalue weighted by atomic mass is 79.9. The molecule has 0 bridgehead atoms. The van der Waals surface area contributed by atoms with E-state index in [-0.39, 0.29) is 24.5 Å². The van der Waals surface area contributed by atoms with Gasteiger partial charge >= 0.3 is 5.97 Å². The van der Waals surface area contributed by atoms with Crippen LogP contribution in [0.4, 0.5) is 0 Å². The van der Waals surface area contributed by atoms with Gasteiger partial charge in [0.05, 0.1) is 30.3 Å². The summed E-state index contributed by atoms with van der Waals surface area (Å²) in [6, 6.07) is 12.3. The van der Waals surface area contributed by atoms with Crippen molar-refractivity contribution in [2.45, 2.75) is 19.9 Å². The maximum atomic E-state index is 12.4. The summed E-state index contributed by atoms with van der Waals surface area (Å²) in [7, 11) is 2.93. The van der Waals surface area contributed by atoms with Crippen LogP contribution in [0, 0.1) is 5.92 Å². The number of ether oxygens (including phenoxy) is 3. The number of benzene rings is 2. The smallest absolute Gasteiger partial charge is 0.337 e. The van der Waals surface area contributed by atoms with Gasteiger partial charge in [-0.25, -0.2) is 4.79 Å². The second-order valence-corrected chi connectivity index (χ2v) is 7.34. The van der Waals surface area contributed by atoms with Gasteiger partial charge in [-0.1, -0.05) is 26.0 Å². The minimum Gasteiger partial charge on any atom is -0.497 e. The Kier molecular flexibility index (Phi) is 7.87. The Hall–Kier alpha value is -2.54. The van der Waals surface area contributed by atoms with Crippen LogP contribution in [-0.2, 0) is 9.53 Å². The number of esters is 1. The molecule has 0 fully saturated rings. The van der Waals surface area contributed by atoms with E-state index in [4.69, 9.17) is 9.47 Å². The third-order valence-electron chi connectivity index (χ3n) is 4.17. The fourth-order valence-corrected chi connectivity index (χ4v) is 3.16. The molecule has 0 spiro atoms. The number of hydrogen-bond acceptors (Lipinski definition) is 5. The number of amides is 1. The van der Waals surface area contributed by atoms with Gasteiger partial charge in [0, 0.05) is 0 Å². The van der Waals surface area contributed by atoms with Gasteiger partial charge in [0.2, 0.25) is 0 Å². The summed E-state index contributed by atoms with van der Waals surface area (Å²) in [5.74, 6) is 0.751. The first-order chi connectivity index (χ1) is 13.3. The standard InChI is InChI=1S/C21H24BrNO5/c1-13(2)20(14-5-8-16(26-3)9-6-14)23-19(24)12-28-18-10-7-15(11-17(18)22)21(25)27-4/h5-11,13,20H,12H2,1-4H3,(H,23,24). The van der Waals surface area contributed by atoms with Crippen molar-refractivity contribution in [3.8, 4) is 11.5 Å². The van der Waals surface area contributed by atoms with Crippen LogP contribution < -0.4 is 14.8 Å². The van der Waals surface area contributed by atoms with Crippen molar-refractivity contribution < 1.29 is 23.8 Å². The quantitative estimate of drug-likeness (QED) is 0.613. The van der Waals surface area contributed by atoms with Gasteiger partial charge in [0.1, 0.15) is 11.5 Å². The summed E-state index contributed by atoms with van der Waals surface area (Å²) in [4.78, 5) is 24.0. The lowest BCUT2D eigenvalue weighted by Gasteiger charge is -2.23. The van der Waals surface area contributed by atoms with Crippen LogP contribution in [0.15, 0.2) is 46.9 Å². The zero-order valence-electron chi connectivity index (χ0n) is 16.3. The normalized spacial score (nSPS) is 11.6. The topological polar surface area (TPSA) is 73.9 Å². The van der Waals surface area contributed by atoms with Gasteiger partial charge in [-0.05, 0) is 57.7 Å². The minimum absolute atomic E-state index is 0.143. The van der Waals surface area contributed by atoms with Gasteiger partial charge in [-0.2, -0.15) is 0 Å². The lowest BCUT2D eigenvalue weighted by molar-refractivity contribution is -0.124. The highest BCUT2D eigenvalue weighted by Crippen LogP contribution is 2.27. The maximum Gasteiger partial charge on any atom is 0.337 e. The molecule has 1 amide bonds. The number of halogens is 1. The summed E-state index contributed by atoms with van der Waals surface area (Å²) in [6.07, 6.45) is 0. The molecule has 1 N–H and O–H groups in total. The molecule has 150 valence electrons. The Morgan fingerprint density at radius 1 is 1.07 bits per heavy atom. The van der Waals surface area contributed by atoms with Gasteiger partial charge in [-0.15, -0.1) is 0 Å². The van der Waals surface area contributed by atoms with Crippen LogP contribution >= 0.6 is 15.9 Å². The molecule has 6 nitrogen and oxygen atoms in total. The third kappa shape index (κ3) is 5.73. The van der Waals surface area contributed by atoms with Crippen LogP contribution in [0.1, 0.15) is 35.8 Å². The first kappa shape index (κ1) is 21.8. The highest BCUT2D eigenvalue weighted by molar-refractivity contribution is 9.10. The Balaban J connectivity index is 2.00. The van der Waals surface area contributed by atoms with E-state index in [9.17, 15) is 9.59 Å². The van der Waals surface area contributed by atoms with E-state index in [0.717, 1.165) is 11.3 Å². The molecule has 0 aromatic heterocycles. The summed E-state index contributed by atoms with van der Waals surface area (Å²) in [6.45, 7) is 3.94. The molecular formula is C21H24BrNO5. The molecule has 2 rings (SSSR count). The highest BCUT2D eigenvalue weighted by Gasteiger charge is 2.19. The molecular weight excluding hydrogens is 426 g/mol. The molecule has 0 radical (unpaired) electrons. The van der Waals surface area contributed by atoms with Crippen LogP contribution in [0.2, 0.25) is 0 Å². The van der Waals surface area contributed by atoms with Crippen molar-refractivity contribution in [2.75, 3.05) is 20.8 Å². The number of hydrogen-bond donors (Lipinski definition) is 1. The number of rotatable bonds is 8. The average molecular weight is 450 g/mol. The van der Waals surface area contributed by atoms with Crippen LogP contribution in [0.3, 0.4) is 0 Å². The fraction of sp³-hybridized carbons (Fsp3) is 0.333. The Morgan fingerprint density at radius 3 is 2.29 bits per heavy atom. The van der Waals surface area contributed by atoms with Gasteiger partial charge in [-0.3, -0.25) is 4.79 Å². The Labute approximate surface area is 173 Å². The predicted molar refractivity (Wildman–Crippen MR) is 110 cm³/mol. The molecule has 0 heterocycles. The number of carbonyl (C=O) groups excluding carboxylic acids is 2. The van der Waals surface area contributed by atoms with Gasteiger partial charge < -0.3 is 19.5 Å². The Bertz CT molecular complexity index is 820. The number of methoxy groups -OCH3 is 2. The van der Waals surface area contributed by atoms with Crippen LogP contribution in [0.5, 0.6) is 11.5 Å². The molecule has 28 heavy (non-hydrogen) atoms. The molecule has 7 heteroatoms. The average Bonchev–Trinajstić information content (AvgIpc) is 2.70. The zero-order chi connectivity index (χ0) is 20.7. The van der Waals surface area contributed by atoms with Gasteiger partial charge in [0.25, 0.3) is 5.91 Å². The molecule has 2 aromatic rings. The van der Waals surface area contributed by atoms with Crippen molar-refractivity contribution in [1.29, 1.82) is 0 Å². The van der Waals surface area contributed by atoms with Crippen molar-refractivity contribution in [1.82, 2.24) is 5.32 Å². The molecule has 0 saturated heterocycles. The first-order valence-electron chi connectivity index (χ1n) is 8.79. The summed E-state index contributed by atoms with van der Waals surface area (Å²) < 4.78 is 16.0. The lowest BCUT2D eigenvalue weighted by Crippen LogP contribution is -2.35. The zero-order valence-corrected chi connectivity index (χ0v) is 17.9. The summed E-state index contributed by atoms with van der Waals surface area (Å²) in [5, 5.41) is 3.00. The molecule has 1 atom stereocenters. The molecule has 0 saturated carbocycles. The summed E-state index contributed by atoms with van der Waals surface area (Å²) in [5.41, 5.74) is 1.39. The van der Waals surface area contributed by atoms with E-state index < -0.39 is 5.97 Å².